The number of hydrogen-bond acceptors (Lipinski definition) is 5. The highest BCUT2D eigenvalue weighted by Crippen LogP contribution is 2.26. The molecule has 7 nitrogen and oxygen atoms in total. The van der Waals surface area contributed by atoms with Gasteiger partial charge in [0.25, 0.3) is 0 Å². The van der Waals surface area contributed by atoms with Crippen LogP contribution in [0.2, 0.25) is 0 Å². The standard InChI is InChI=1S/C26H26BrN3O4/c1-18-3-5-19(6-4-18)17-34-24-12-7-20(15-23(24)27)16-28-30-26(32)14-13-25(31)29-21-8-10-22(33-2)11-9-21/h3-12,15-16H,13-14,17H2,1-2H3,(H,29,31)(H,30,32). The summed E-state index contributed by atoms with van der Waals surface area (Å²) in [5.74, 6) is 0.809. The van der Waals surface area contributed by atoms with Crippen molar-refractivity contribution in [1.29, 1.82) is 0 Å². The van der Waals surface area contributed by atoms with E-state index in [1.807, 2.05) is 37.3 Å². The van der Waals surface area contributed by atoms with Crippen molar-refractivity contribution in [1.82, 2.24) is 5.43 Å². The Hall–Kier alpha value is -3.65. The van der Waals surface area contributed by atoms with Crippen molar-refractivity contribution in [2.75, 3.05) is 12.4 Å². The third-order valence-electron chi connectivity index (χ3n) is 4.83. The van der Waals surface area contributed by atoms with Crippen LogP contribution < -0.4 is 20.2 Å². The van der Waals surface area contributed by atoms with Gasteiger partial charge in [-0.15, -0.1) is 0 Å². The van der Waals surface area contributed by atoms with Crippen LogP contribution in [0.15, 0.2) is 76.3 Å². The number of carbonyl (C=O) groups is 2. The Morgan fingerprint density at radius 2 is 1.68 bits per heavy atom. The van der Waals surface area contributed by atoms with Crippen LogP contribution >= 0.6 is 15.9 Å². The third kappa shape index (κ3) is 8.04. The number of nitrogens with one attached hydrogen (secondary N) is 2. The number of hydrazone groups is 1. The molecule has 0 atom stereocenters. The number of ether oxygens (including phenoxy) is 2. The van der Waals surface area contributed by atoms with E-state index in [0.717, 1.165) is 15.6 Å². The zero-order valence-electron chi connectivity index (χ0n) is 19.0. The number of halogens is 1. The molecule has 0 aromatic heterocycles. The zero-order valence-corrected chi connectivity index (χ0v) is 20.6. The number of rotatable bonds is 10. The molecule has 8 heteroatoms. The second kappa shape index (κ2) is 12.6. The number of amides is 2. The van der Waals surface area contributed by atoms with Crippen molar-refractivity contribution in [2.24, 2.45) is 5.10 Å². The molecule has 0 saturated carbocycles. The van der Waals surface area contributed by atoms with E-state index in [1.54, 1.807) is 31.4 Å². The fourth-order valence-corrected chi connectivity index (χ4v) is 3.43. The largest absolute Gasteiger partial charge is 0.497 e. The predicted molar refractivity (Wildman–Crippen MR) is 136 cm³/mol. The second-order valence-electron chi connectivity index (χ2n) is 7.53. The van der Waals surface area contributed by atoms with Crippen molar-refractivity contribution in [2.45, 2.75) is 26.4 Å². The van der Waals surface area contributed by atoms with Crippen molar-refractivity contribution >= 4 is 39.6 Å². The molecule has 0 heterocycles. The van der Waals surface area contributed by atoms with Gasteiger partial charge in [-0.2, -0.15) is 5.10 Å². The van der Waals surface area contributed by atoms with Crippen LogP contribution in [-0.4, -0.2) is 25.1 Å². The molecule has 0 aliphatic heterocycles. The van der Waals surface area contributed by atoms with Gasteiger partial charge < -0.3 is 14.8 Å². The summed E-state index contributed by atoms with van der Waals surface area (Å²) in [6.45, 7) is 2.51. The van der Waals surface area contributed by atoms with E-state index in [1.165, 1.54) is 11.8 Å². The van der Waals surface area contributed by atoms with Gasteiger partial charge in [0.2, 0.25) is 11.8 Å². The molecule has 0 aliphatic rings. The molecule has 0 spiro atoms. The molecule has 3 aromatic carbocycles. The molecule has 3 rings (SSSR count). The summed E-state index contributed by atoms with van der Waals surface area (Å²) in [7, 11) is 1.57. The van der Waals surface area contributed by atoms with Crippen molar-refractivity contribution in [3.63, 3.8) is 0 Å². The van der Waals surface area contributed by atoms with Crippen LogP contribution in [0, 0.1) is 6.92 Å². The minimum atomic E-state index is -0.349. The molecule has 176 valence electrons. The number of anilines is 1. The molecule has 0 radical (unpaired) electrons. The van der Waals surface area contributed by atoms with Gasteiger partial charge in [0.05, 0.1) is 17.8 Å². The van der Waals surface area contributed by atoms with Crippen LogP contribution in [0.5, 0.6) is 11.5 Å². The molecule has 2 N–H and O–H groups in total. The Balaban J connectivity index is 1.41. The van der Waals surface area contributed by atoms with E-state index < -0.39 is 0 Å². The molecule has 0 unspecified atom stereocenters. The Kier molecular flexibility index (Phi) is 9.22. The molecular formula is C26H26BrN3O4. The minimum Gasteiger partial charge on any atom is -0.497 e. The summed E-state index contributed by atoms with van der Waals surface area (Å²) in [5, 5.41) is 6.70. The lowest BCUT2D eigenvalue weighted by Gasteiger charge is -2.09. The number of methoxy groups -OCH3 is 1. The quantitative estimate of drug-likeness (QED) is 0.282. The number of nitrogens with zero attached hydrogens (tertiary/aromatic N) is 1. The van der Waals surface area contributed by atoms with Crippen LogP contribution in [0.4, 0.5) is 5.69 Å². The van der Waals surface area contributed by atoms with Crippen molar-refractivity contribution in [3.8, 4) is 11.5 Å². The normalized spacial score (nSPS) is 10.7. The molecular weight excluding hydrogens is 498 g/mol. The summed E-state index contributed by atoms with van der Waals surface area (Å²) in [6, 6.07) is 20.7. The molecule has 3 aromatic rings. The van der Waals surface area contributed by atoms with E-state index >= 15 is 0 Å². The first-order valence-electron chi connectivity index (χ1n) is 10.7. The van der Waals surface area contributed by atoms with Gasteiger partial charge in [-0.3, -0.25) is 9.59 Å². The van der Waals surface area contributed by atoms with Crippen molar-refractivity contribution < 1.29 is 19.1 Å². The lowest BCUT2D eigenvalue weighted by atomic mass is 10.2. The van der Waals surface area contributed by atoms with Gasteiger partial charge in [-0.1, -0.05) is 29.8 Å². The smallest absolute Gasteiger partial charge is 0.240 e. The maximum absolute atomic E-state index is 12.0. The number of carbonyl (C=O) groups excluding carboxylic acids is 2. The summed E-state index contributed by atoms with van der Waals surface area (Å²) in [6.07, 6.45) is 1.60. The molecule has 34 heavy (non-hydrogen) atoms. The summed E-state index contributed by atoms with van der Waals surface area (Å²) in [5.41, 5.74) is 6.15. The number of benzene rings is 3. The Labute approximate surface area is 207 Å². The van der Waals surface area contributed by atoms with E-state index in [-0.39, 0.29) is 24.7 Å². The SMILES string of the molecule is COc1ccc(NC(=O)CCC(=O)NN=Cc2ccc(OCc3ccc(C)cc3)c(Br)c2)cc1. The molecule has 0 saturated heterocycles. The van der Waals surface area contributed by atoms with Gasteiger partial charge in [0.15, 0.2) is 0 Å². The molecule has 0 fully saturated rings. The minimum absolute atomic E-state index is 0.0226. The highest BCUT2D eigenvalue weighted by molar-refractivity contribution is 9.10. The van der Waals surface area contributed by atoms with Gasteiger partial charge in [0, 0.05) is 18.5 Å². The maximum Gasteiger partial charge on any atom is 0.240 e. The van der Waals surface area contributed by atoms with Crippen LogP contribution in [0.1, 0.15) is 29.5 Å². The topological polar surface area (TPSA) is 89.0 Å². The van der Waals surface area contributed by atoms with Gasteiger partial charge in [-0.25, -0.2) is 5.43 Å². The van der Waals surface area contributed by atoms with Gasteiger partial charge >= 0.3 is 0 Å². The third-order valence-corrected chi connectivity index (χ3v) is 5.45. The Bertz CT molecular complexity index is 1150. The van der Waals surface area contributed by atoms with Crippen LogP contribution in [0.3, 0.4) is 0 Å². The molecule has 0 bridgehead atoms. The Morgan fingerprint density at radius 1 is 0.971 bits per heavy atom. The zero-order chi connectivity index (χ0) is 24.3. The second-order valence-corrected chi connectivity index (χ2v) is 8.39. The van der Waals surface area contributed by atoms with Gasteiger partial charge in [0.1, 0.15) is 18.1 Å². The van der Waals surface area contributed by atoms with Crippen LogP contribution in [0.25, 0.3) is 0 Å². The highest BCUT2D eigenvalue weighted by Gasteiger charge is 2.07. The van der Waals surface area contributed by atoms with E-state index in [4.69, 9.17) is 9.47 Å². The first-order chi connectivity index (χ1) is 16.4. The van der Waals surface area contributed by atoms with Gasteiger partial charge in [-0.05, 0) is 76.4 Å². The lowest BCUT2D eigenvalue weighted by Crippen LogP contribution is -2.20. The summed E-state index contributed by atoms with van der Waals surface area (Å²) >= 11 is 3.50. The van der Waals surface area contributed by atoms with Crippen LogP contribution in [-0.2, 0) is 16.2 Å². The summed E-state index contributed by atoms with van der Waals surface area (Å²) < 4.78 is 11.7. The number of hydrogen-bond donors (Lipinski definition) is 2. The highest BCUT2D eigenvalue weighted by atomic mass is 79.9. The van der Waals surface area contributed by atoms with E-state index in [2.05, 4.69) is 43.9 Å². The molecule has 0 aliphatic carbocycles. The monoisotopic (exact) mass is 523 g/mol. The van der Waals surface area contributed by atoms with E-state index in [0.29, 0.717) is 23.8 Å². The maximum atomic E-state index is 12.0. The average Bonchev–Trinajstić information content (AvgIpc) is 2.84. The lowest BCUT2D eigenvalue weighted by molar-refractivity contribution is -0.124. The average molecular weight is 524 g/mol. The first-order valence-corrected chi connectivity index (χ1v) is 11.5. The summed E-state index contributed by atoms with van der Waals surface area (Å²) in [4.78, 5) is 24.0. The van der Waals surface area contributed by atoms with E-state index in [9.17, 15) is 9.59 Å². The Morgan fingerprint density at radius 3 is 2.35 bits per heavy atom. The molecule has 2 amide bonds. The van der Waals surface area contributed by atoms with Crippen molar-refractivity contribution in [3.05, 3.63) is 87.9 Å². The number of aryl methyl sites for hydroxylation is 1. The fourth-order valence-electron chi connectivity index (χ4n) is 2.92. The predicted octanol–water partition coefficient (Wildman–Crippen LogP) is 5.21. The fraction of sp³-hybridized carbons (Fsp3) is 0.192. The first kappa shape index (κ1) is 25.0.